The standard InChI is InChI=1S/C14H19NO/c1-5-12-7-6-8-13(16-4)11(2)9-14(12,3)10-15/h5-6,8,12-13H,1-2,7,9H2,3-4H3/b8-6-/t12-,13?,14?/m1/s1. The van der Waals surface area contributed by atoms with Crippen LogP contribution in [-0.2, 0) is 4.74 Å². The summed E-state index contributed by atoms with van der Waals surface area (Å²) in [6.45, 7) is 9.81. The lowest BCUT2D eigenvalue weighted by atomic mass is 9.70. The maximum atomic E-state index is 9.34. The fraction of sp³-hybridized carbons (Fsp3) is 0.500. The van der Waals surface area contributed by atoms with Crippen LogP contribution in [0.15, 0.2) is 37.0 Å². The van der Waals surface area contributed by atoms with Gasteiger partial charge in [-0.15, -0.1) is 6.58 Å². The van der Waals surface area contributed by atoms with Gasteiger partial charge in [-0.3, -0.25) is 0 Å². The van der Waals surface area contributed by atoms with Gasteiger partial charge in [0.05, 0.1) is 17.6 Å². The van der Waals surface area contributed by atoms with Crippen molar-refractivity contribution in [1.29, 1.82) is 5.26 Å². The normalized spacial score (nSPS) is 36.9. The highest BCUT2D eigenvalue weighted by atomic mass is 16.5. The van der Waals surface area contributed by atoms with E-state index in [1.807, 2.05) is 19.1 Å². The molecule has 0 amide bonds. The van der Waals surface area contributed by atoms with Crippen LogP contribution in [-0.4, -0.2) is 13.2 Å². The van der Waals surface area contributed by atoms with E-state index in [9.17, 15) is 5.26 Å². The molecule has 0 saturated carbocycles. The summed E-state index contributed by atoms with van der Waals surface area (Å²) in [4.78, 5) is 0. The fourth-order valence-electron chi connectivity index (χ4n) is 2.17. The molecule has 1 aliphatic rings. The Morgan fingerprint density at radius 1 is 1.69 bits per heavy atom. The van der Waals surface area contributed by atoms with Crippen LogP contribution in [0.5, 0.6) is 0 Å². The summed E-state index contributed by atoms with van der Waals surface area (Å²) in [5, 5.41) is 9.34. The van der Waals surface area contributed by atoms with Crippen LogP contribution >= 0.6 is 0 Å². The van der Waals surface area contributed by atoms with E-state index < -0.39 is 5.41 Å². The van der Waals surface area contributed by atoms with E-state index in [4.69, 9.17) is 4.74 Å². The van der Waals surface area contributed by atoms with E-state index in [1.165, 1.54) is 0 Å². The van der Waals surface area contributed by atoms with E-state index in [2.05, 4.69) is 25.3 Å². The molecule has 0 aromatic heterocycles. The molecule has 0 N–H and O–H groups in total. The molecule has 16 heavy (non-hydrogen) atoms. The van der Waals surface area contributed by atoms with Crippen molar-refractivity contribution in [2.75, 3.05) is 7.11 Å². The van der Waals surface area contributed by atoms with Crippen molar-refractivity contribution in [3.05, 3.63) is 37.0 Å². The van der Waals surface area contributed by atoms with Gasteiger partial charge in [-0.05, 0) is 31.3 Å². The Labute approximate surface area is 97.9 Å². The molecule has 0 aliphatic heterocycles. The fourth-order valence-corrected chi connectivity index (χ4v) is 2.17. The summed E-state index contributed by atoms with van der Waals surface area (Å²) in [7, 11) is 1.66. The Morgan fingerprint density at radius 2 is 2.38 bits per heavy atom. The summed E-state index contributed by atoms with van der Waals surface area (Å²) in [6.07, 6.45) is 7.35. The van der Waals surface area contributed by atoms with Crippen LogP contribution in [0.3, 0.4) is 0 Å². The summed E-state index contributed by atoms with van der Waals surface area (Å²) in [5.41, 5.74) is 0.523. The molecule has 0 aromatic carbocycles. The van der Waals surface area contributed by atoms with Crippen molar-refractivity contribution in [2.24, 2.45) is 11.3 Å². The lowest BCUT2D eigenvalue weighted by Gasteiger charge is -2.32. The van der Waals surface area contributed by atoms with Crippen LogP contribution in [0.2, 0.25) is 0 Å². The van der Waals surface area contributed by atoms with Gasteiger partial charge in [0.2, 0.25) is 0 Å². The van der Waals surface area contributed by atoms with Crippen LogP contribution in [0, 0.1) is 22.7 Å². The van der Waals surface area contributed by atoms with Crippen molar-refractivity contribution in [3.63, 3.8) is 0 Å². The smallest absolute Gasteiger partial charge is 0.0960 e. The molecule has 2 heteroatoms. The molecule has 1 aliphatic carbocycles. The third-order valence-electron chi connectivity index (χ3n) is 3.31. The second-order valence-electron chi connectivity index (χ2n) is 4.53. The van der Waals surface area contributed by atoms with Crippen LogP contribution in [0.4, 0.5) is 0 Å². The first kappa shape index (κ1) is 12.7. The largest absolute Gasteiger partial charge is 0.373 e. The van der Waals surface area contributed by atoms with Gasteiger partial charge in [-0.25, -0.2) is 0 Å². The molecule has 0 bridgehead atoms. The zero-order chi connectivity index (χ0) is 12.2. The van der Waals surface area contributed by atoms with E-state index in [0.717, 1.165) is 12.0 Å². The third kappa shape index (κ3) is 2.43. The minimum atomic E-state index is -0.430. The first-order valence-corrected chi connectivity index (χ1v) is 5.48. The van der Waals surface area contributed by atoms with E-state index in [1.54, 1.807) is 7.11 Å². The van der Waals surface area contributed by atoms with E-state index in [-0.39, 0.29) is 12.0 Å². The lowest BCUT2D eigenvalue weighted by molar-refractivity contribution is 0.154. The Bertz CT molecular complexity index is 350. The Balaban J connectivity index is 3.03. The Kier molecular flexibility index (Phi) is 4.09. The van der Waals surface area contributed by atoms with Crippen molar-refractivity contribution < 1.29 is 4.74 Å². The zero-order valence-electron chi connectivity index (χ0n) is 10.1. The molecule has 0 heterocycles. The Morgan fingerprint density at radius 3 is 2.88 bits per heavy atom. The minimum Gasteiger partial charge on any atom is -0.373 e. The molecule has 2 nitrogen and oxygen atoms in total. The summed E-state index contributed by atoms with van der Waals surface area (Å²) in [5.74, 6) is 0.170. The molecule has 0 radical (unpaired) electrons. The summed E-state index contributed by atoms with van der Waals surface area (Å²) in [6, 6.07) is 2.40. The highest BCUT2D eigenvalue weighted by Gasteiger charge is 2.34. The van der Waals surface area contributed by atoms with E-state index >= 15 is 0 Å². The van der Waals surface area contributed by atoms with Crippen molar-refractivity contribution >= 4 is 0 Å². The maximum absolute atomic E-state index is 9.34. The minimum absolute atomic E-state index is 0.0709. The zero-order valence-corrected chi connectivity index (χ0v) is 10.1. The second kappa shape index (κ2) is 5.14. The quantitative estimate of drug-likeness (QED) is 0.665. The van der Waals surface area contributed by atoms with Crippen molar-refractivity contribution in [1.82, 2.24) is 0 Å². The van der Waals surface area contributed by atoms with Gasteiger partial charge < -0.3 is 4.74 Å². The number of rotatable bonds is 2. The average molecular weight is 217 g/mol. The SMILES string of the molecule is C=C[C@@H]1C/C=C\C(OC)C(=C)CC1(C)C#N. The first-order chi connectivity index (χ1) is 7.57. The molecule has 0 spiro atoms. The molecule has 0 fully saturated rings. The Hall–Kier alpha value is -1.33. The number of methoxy groups -OCH3 is 1. The van der Waals surface area contributed by atoms with Gasteiger partial charge >= 0.3 is 0 Å². The highest BCUT2D eigenvalue weighted by molar-refractivity contribution is 5.22. The predicted molar refractivity (Wildman–Crippen MR) is 65.7 cm³/mol. The number of hydrogen-bond donors (Lipinski definition) is 0. The predicted octanol–water partition coefficient (Wildman–Crippen LogP) is 3.24. The topological polar surface area (TPSA) is 33.0 Å². The molecule has 3 atom stereocenters. The number of nitriles is 1. The van der Waals surface area contributed by atoms with Gasteiger partial charge in [0.15, 0.2) is 0 Å². The summed E-state index contributed by atoms with van der Waals surface area (Å²) < 4.78 is 5.32. The molecule has 86 valence electrons. The van der Waals surface area contributed by atoms with Crippen LogP contribution in [0.1, 0.15) is 19.8 Å². The summed E-state index contributed by atoms with van der Waals surface area (Å²) >= 11 is 0. The van der Waals surface area contributed by atoms with Gasteiger partial charge in [-0.2, -0.15) is 5.26 Å². The van der Waals surface area contributed by atoms with E-state index in [0.29, 0.717) is 6.42 Å². The maximum Gasteiger partial charge on any atom is 0.0960 e. The van der Waals surface area contributed by atoms with Gasteiger partial charge in [-0.1, -0.05) is 24.8 Å². The third-order valence-corrected chi connectivity index (χ3v) is 3.31. The molecular formula is C14H19NO. The van der Waals surface area contributed by atoms with Crippen LogP contribution < -0.4 is 0 Å². The number of ether oxygens (including phenoxy) is 1. The molecular weight excluding hydrogens is 198 g/mol. The molecule has 0 aromatic rings. The first-order valence-electron chi connectivity index (χ1n) is 5.48. The molecule has 0 saturated heterocycles. The number of hydrogen-bond acceptors (Lipinski definition) is 2. The molecule has 2 unspecified atom stereocenters. The van der Waals surface area contributed by atoms with Crippen LogP contribution in [0.25, 0.3) is 0 Å². The van der Waals surface area contributed by atoms with Crippen molar-refractivity contribution in [3.8, 4) is 6.07 Å². The average Bonchev–Trinajstić information content (AvgIpc) is 2.27. The van der Waals surface area contributed by atoms with Gasteiger partial charge in [0, 0.05) is 7.11 Å². The number of nitrogens with zero attached hydrogens (tertiary/aromatic N) is 1. The van der Waals surface area contributed by atoms with Crippen molar-refractivity contribution in [2.45, 2.75) is 25.9 Å². The lowest BCUT2D eigenvalue weighted by Crippen LogP contribution is -2.28. The highest BCUT2D eigenvalue weighted by Crippen LogP contribution is 2.39. The second-order valence-corrected chi connectivity index (χ2v) is 4.53. The monoisotopic (exact) mass is 217 g/mol. The van der Waals surface area contributed by atoms with Gasteiger partial charge in [0.25, 0.3) is 0 Å². The number of allylic oxidation sites excluding steroid dienone is 2. The molecule has 1 rings (SSSR count). The van der Waals surface area contributed by atoms with Gasteiger partial charge in [0.1, 0.15) is 0 Å².